The molecule has 3 rings (SSSR count). The molecule has 6 nitrogen and oxygen atoms in total. The van der Waals surface area contributed by atoms with Gasteiger partial charge in [-0.3, -0.25) is 14.9 Å². The first kappa shape index (κ1) is 14.3. The van der Waals surface area contributed by atoms with Gasteiger partial charge in [0.1, 0.15) is 5.56 Å². The molecule has 3 atom stereocenters. The van der Waals surface area contributed by atoms with E-state index in [1.165, 1.54) is 18.2 Å². The van der Waals surface area contributed by atoms with Crippen LogP contribution >= 0.6 is 11.6 Å². The average Bonchev–Trinajstić information content (AvgIpc) is 3.00. The predicted octanol–water partition coefficient (Wildman–Crippen LogP) is 2.09. The van der Waals surface area contributed by atoms with Crippen LogP contribution in [-0.4, -0.2) is 40.0 Å². The number of carbonyl (C=O) groups excluding carboxylic acids is 1. The fraction of sp³-hybridized carbons (Fsp3) is 0.500. The predicted molar refractivity (Wildman–Crippen MR) is 76.2 cm³/mol. The number of likely N-dealkylation sites (tertiary alicyclic amines) is 1. The second-order valence-electron chi connectivity index (χ2n) is 5.70. The Bertz CT molecular complexity index is 607. The van der Waals surface area contributed by atoms with Gasteiger partial charge in [0.2, 0.25) is 0 Å². The van der Waals surface area contributed by atoms with Crippen molar-refractivity contribution in [1.29, 1.82) is 0 Å². The fourth-order valence-electron chi connectivity index (χ4n) is 3.41. The summed E-state index contributed by atoms with van der Waals surface area (Å²) in [4.78, 5) is 24.6. The van der Waals surface area contributed by atoms with Crippen LogP contribution in [0, 0.1) is 22.0 Å². The van der Waals surface area contributed by atoms with Gasteiger partial charge in [-0.2, -0.15) is 0 Å². The number of amides is 1. The SMILES string of the molecule is O=C(c1cc(Cl)ccc1[N+](=O)[O-])N1CC2CCC(O)C2C1. The molecular formula is C14H15ClN2O4. The number of hydrogen-bond donors (Lipinski definition) is 1. The second-order valence-corrected chi connectivity index (χ2v) is 6.13. The lowest BCUT2D eigenvalue weighted by Crippen LogP contribution is -2.31. The molecule has 1 aliphatic heterocycles. The molecule has 1 heterocycles. The maximum atomic E-state index is 12.5. The molecule has 2 fully saturated rings. The van der Waals surface area contributed by atoms with Crippen LogP contribution in [0.3, 0.4) is 0 Å². The van der Waals surface area contributed by atoms with Crippen molar-refractivity contribution in [3.05, 3.63) is 38.9 Å². The van der Waals surface area contributed by atoms with Crippen LogP contribution in [0.1, 0.15) is 23.2 Å². The van der Waals surface area contributed by atoms with Crippen molar-refractivity contribution in [2.75, 3.05) is 13.1 Å². The van der Waals surface area contributed by atoms with Crippen molar-refractivity contribution >= 4 is 23.2 Å². The number of fused-ring (bicyclic) bond motifs is 1. The van der Waals surface area contributed by atoms with Gasteiger partial charge in [-0.05, 0) is 30.9 Å². The minimum Gasteiger partial charge on any atom is -0.393 e. The molecule has 1 aromatic rings. The summed E-state index contributed by atoms with van der Waals surface area (Å²) in [5.74, 6) is 0.000167. The van der Waals surface area contributed by atoms with Crippen LogP contribution in [0.25, 0.3) is 0 Å². The number of aliphatic hydroxyl groups excluding tert-OH is 1. The van der Waals surface area contributed by atoms with Crippen LogP contribution in [0.4, 0.5) is 5.69 Å². The maximum absolute atomic E-state index is 12.5. The minimum atomic E-state index is -0.574. The third kappa shape index (κ3) is 2.49. The summed E-state index contributed by atoms with van der Waals surface area (Å²) < 4.78 is 0. The number of nitrogens with zero attached hydrogens (tertiary/aromatic N) is 2. The normalized spacial score (nSPS) is 27.7. The second kappa shape index (κ2) is 5.27. The van der Waals surface area contributed by atoms with E-state index in [1.54, 1.807) is 4.90 Å². The number of rotatable bonds is 2. The van der Waals surface area contributed by atoms with Crippen molar-refractivity contribution < 1.29 is 14.8 Å². The van der Waals surface area contributed by atoms with Crippen LogP contribution in [0.2, 0.25) is 5.02 Å². The summed E-state index contributed by atoms with van der Waals surface area (Å²) in [7, 11) is 0. The van der Waals surface area contributed by atoms with Gasteiger partial charge in [-0.1, -0.05) is 11.6 Å². The zero-order chi connectivity index (χ0) is 15.1. The molecule has 0 spiro atoms. The minimum absolute atomic E-state index is 0.0157. The molecule has 0 aromatic heterocycles. The Labute approximate surface area is 126 Å². The molecule has 0 radical (unpaired) electrons. The Morgan fingerprint density at radius 2 is 2.14 bits per heavy atom. The van der Waals surface area contributed by atoms with E-state index in [0.29, 0.717) is 24.0 Å². The van der Waals surface area contributed by atoms with Gasteiger partial charge in [0.25, 0.3) is 11.6 Å². The first-order valence-electron chi connectivity index (χ1n) is 6.88. The number of nitro groups is 1. The van der Waals surface area contributed by atoms with Gasteiger partial charge in [-0.25, -0.2) is 0 Å². The highest BCUT2D eigenvalue weighted by Crippen LogP contribution is 2.39. The molecule has 1 saturated heterocycles. The molecule has 112 valence electrons. The van der Waals surface area contributed by atoms with E-state index < -0.39 is 4.92 Å². The molecule has 21 heavy (non-hydrogen) atoms. The Balaban J connectivity index is 1.86. The quantitative estimate of drug-likeness (QED) is 0.669. The van der Waals surface area contributed by atoms with Gasteiger partial charge in [0.15, 0.2) is 0 Å². The van der Waals surface area contributed by atoms with Crippen molar-refractivity contribution in [2.24, 2.45) is 11.8 Å². The van der Waals surface area contributed by atoms with Gasteiger partial charge in [0.05, 0.1) is 11.0 Å². The molecule has 1 aliphatic carbocycles. The Morgan fingerprint density at radius 1 is 1.38 bits per heavy atom. The zero-order valence-electron chi connectivity index (χ0n) is 11.2. The molecule has 7 heteroatoms. The van der Waals surface area contributed by atoms with Crippen LogP contribution < -0.4 is 0 Å². The molecule has 3 unspecified atom stereocenters. The highest BCUT2D eigenvalue weighted by Gasteiger charge is 2.44. The van der Waals surface area contributed by atoms with Gasteiger partial charge >= 0.3 is 0 Å². The van der Waals surface area contributed by atoms with E-state index in [9.17, 15) is 20.0 Å². The summed E-state index contributed by atoms with van der Waals surface area (Å²) in [6, 6.07) is 3.99. The van der Waals surface area contributed by atoms with Crippen molar-refractivity contribution in [2.45, 2.75) is 18.9 Å². The largest absolute Gasteiger partial charge is 0.393 e. The number of aliphatic hydroxyl groups is 1. The highest BCUT2D eigenvalue weighted by atomic mass is 35.5. The van der Waals surface area contributed by atoms with Gasteiger partial charge in [0, 0.05) is 30.1 Å². The molecule has 0 bridgehead atoms. The monoisotopic (exact) mass is 310 g/mol. The van der Waals surface area contributed by atoms with E-state index in [2.05, 4.69) is 0 Å². The van der Waals surface area contributed by atoms with Gasteiger partial charge in [-0.15, -0.1) is 0 Å². The number of hydrogen-bond acceptors (Lipinski definition) is 4. The van der Waals surface area contributed by atoms with E-state index in [4.69, 9.17) is 11.6 Å². The van der Waals surface area contributed by atoms with Gasteiger partial charge < -0.3 is 10.0 Å². The third-order valence-corrected chi connectivity index (χ3v) is 4.73. The van der Waals surface area contributed by atoms with Crippen LogP contribution in [0.15, 0.2) is 18.2 Å². The van der Waals surface area contributed by atoms with Crippen molar-refractivity contribution in [1.82, 2.24) is 4.90 Å². The lowest BCUT2D eigenvalue weighted by Gasteiger charge is -2.18. The standard InChI is InChI=1S/C14H15ClN2O4/c15-9-2-3-12(17(20)21)10(5-9)14(19)16-6-8-1-4-13(18)11(8)7-16/h2-3,5,8,11,13,18H,1,4,6-7H2. The Hall–Kier alpha value is -1.66. The molecular weight excluding hydrogens is 296 g/mol. The summed E-state index contributed by atoms with van der Waals surface area (Å²) >= 11 is 5.86. The molecule has 1 saturated carbocycles. The topological polar surface area (TPSA) is 83.7 Å². The number of benzene rings is 1. The Kier molecular flexibility index (Phi) is 3.59. The maximum Gasteiger partial charge on any atom is 0.282 e. The zero-order valence-corrected chi connectivity index (χ0v) is 12.0. The van der Waals surface area contributed by atoms with Crippen LogP contribution in [0.5, 0.6) is 0 Å². The summed E-state index contributed by atoms with van der Waals surface area (Å²) in [6.07, 6.45) is 1.30. The third-order valence-electron chi connectivity index (χ3n) is 4.49. The molecule has 2 aliphatic rings. The summed E-state index contributed by atoms with van der Waals surface area (Å²) in [5.41, 5.74) is -0.219. The fourth-order valence-corrected chi connectivity index (χ4v) is 3.58. The van der Waals surface area contributed by atoms with Crippen LogP contribution in [-0.2, 0) is 0 Å². The van der Waals surface area contributed by atoms with E-state index in [1.807, 2.05) is 0 Å². The highest BCUT2D eigenvalue weighted by molar-refractivity contribution is 6.31. The first-order valence-corrected chi connectivity index (χ1v) is 7.26. The number of nitro benzene ring substituents is 1. The molecule has 1 aromatic carbocycles. The first-order chi connectivity index (χ1) is 9.97. The van der Waals surface area contributed by atoms with Crippen molar-refractivity contribution in [3.63, 3.8) is 0 Å². The summed E-state index contributed by atoms with van der Waals surface area (Å²) in [5, 5.41) is 21.2. The number of carbonyl (C=O) groups is 1. The lowest BCUT2D eigenvalue weighted by atomic mass is 10.00. The molecule has 1 N–H and O–H groups in total. The Morgan fingerprint density at radius 3 is 2.81 bits per heavy atom. The van der Waals surface area contributed by atoms with Crippen molar-refractivity contribution in [3.8, 4) is 0 Å². The van der Waals surface area contributed by atoms with E-state index in [-0.39, 0.29) is 29.2 Å². The average molecular weight is 311 g/mol. The smallest absolute Gasteiger partial charge is 0.282 e. The van der Waals surface area contributed by atoms with E-state index >= 15 is 0 Å². The summed E-state index contributed by atoms with van der Waals surface area (Å²) in [6.45, 7) is 0.999. The number of halogens is 1. The lowest BCUT2D eigenvalue weighted by molar-refractivity contribution is -0.385. The van der Waals surface area contributed by atoms with E-state index in [0.717, 1.165) is 12.8 Å². The molecule has 1 amide bonds.